The molecule has 7 heteroatoms. The minimum atomic E-state index is -0.168. The Morgan fingerprint density at radius 1 is 1.38 bits per heavy atom. The number of hydrogen-bond acceptors (Lipinski definition) is 4. The van der Waals surface area contributed by atoms with Gasteiger partial charge in [-0.1, -0.05) is 11.6 Å². The Hall–Kier alpha value is -2.21. The number of Topliss-reactive ketones (excluding diaryl/α,β-unsaturated/α-hetero) is 1. The molecule has 3 rings (SSSR count). The number of carbonyl (C=O) groups excluding carboxylic acids is 2. The second-order valence-electron chi connectivity index (χ2n) is 6.10. The molecule has 0 aliphatic carbocycles. The molecule has 0 radical (unpaired) electrons. The van der Waals surface area contributed by atoms with Gasteiger partial charge in [-0.05, 0) is 43.5 Å². The fraction of sp³-hybridized carbons (Fsp3) is 0.412. The summed E-state index contributed by atoms with van der Waals surface area (Å²) >= 11 is 5.96. The second kappa shape index (κ2) is 7.13. The third kappa shape index (κ3) is 3.64. The quantitative estimate of drug-likeness (QED) is 0.797. The smallest absolute Gasteiger partial charge is 0.244 e. The maximum absolute atomic E-state index is 12.8. The number of halogens is 1. The number of likely N-dealkylation sites (tertiary alicyclic amines) is 1. The molecular weight excluding hydrogens is 328 g/mol. The average molecular weight is 347 g/mol. The lowest BCUT2D eigenvalue weighted by Gasteiger charge is -2.32. The van der Waals surface area contributed by atoms with Crippen LogP contribution in [0.25, 0.3) is 0 Å². The Labute approximate surface area is 145 Å². The summed E-state index contributed by atoms with van der Waals surface area (Å²) < 4.78 is 1.50. The van der Waals surface area contributed by atoms with Crippen LogP contribution < -0.4 is 0 Å². The molecule has 2 aromatic rings. The summed E-state index contributed by atoms with van der Waals surface area (Å²) in [4.78, 5) is 30.8. The molecule has 0 bridgehead atoms. The molecule has 0 saturated carbocycles. The minimum absolute atomic E-state index is 0.0363. The Kier molecular flexibility index (Phi) is 4.94. The SMILES string of the molecule is Cc1cc(Cl)ccc1C(=O)[C@H]1CCCN(C(=O)Cn2cncn2)C1. The first-order valence-corrected chi connectivity index (χ1v) is 8.33. The molecule has 0 unspecified atom stereocenters. The van der Waals surface area contributed by atoms with Crippen LogP contribution in [0.2, 0.25) is 5.02 Å². The lowest BCUT2D eigenvalue weighted by molar-refractivity contribution is -0.133. The number of amides is 1. The van der Waals surface area contributed by atoms with Crippen LogP contribution in [-0.2, 0) is 11.3 Å². The number of rotatable bonds is 4. The number of aryl methyl sites for hydroxylation is 1. The molecule has 1 amide bonds. The fourth-order valence-electron chi connectivity index (χ4n) is 3.09. The minimum Gasteiger partial charge on any atom is -0.340 e. The molecule has 1 aliphatic rings. The number of carbonyl (C=O) groups is 2. The zero-order valence-corrected chi connectivity index (χ0v) is 14.2. The van der Waals surface area contributed by atoms with Crippen molar-refractivity contribution in [3.8, 4) is 0 Å². The summed E-state index contributed by atoms with van der Waals surface area (Å²) in [7, 11) is 0. The molecule has 24 heavy (non-hydrogen) atoms. The van der Waals surface area contributed by atoms with Gasteiger partial charge in [-0.3, -0.25) is 9.59 Å². The highest BCUT2D eigenvalue weighted by atomic mass is 35.5. The number of hydrogen-bond donors (Lipinski definition) is 0. The molecule has 1 aliphatic heterocycles. The number of aromatic nitrogens is 3. The molecule has 1 atom stereocenters. The molecule has 0 N–H and O–H groups in total. The van der Waals surface area contributed by atoms with E-state index in [1.54, 1.807) is 23.1 Å². The number of benzene rings is 1. The molecule has 126 valence electrons. The van der Waals surface area contributed by atoms with Crippen LogP contribution in [0.15, 0.2) is 30.9 Å². The molecule has 6 nitrogen and oxygen atoms in total. The number of nitrogens with zero attached hydrogens (tertiary/aromatic N) is 4. The highest BCUT2D eigenvalue weighted by Crippen LogP contribution is 2.24. The first-order valence-electron chi connectivity index (χ1n) is 7.95. The first kappa shape index (κ1) is 16.6. The van der Waals surface area contributed by atoms with Gasteiger partial charge in [0.1, 0.15) is 19.2 Å². The molecule has 2 heterocycles. The van der Waals surface area contributed by atoms with E-state index in [4.69, 9.17) is 11.6 Å². The van der Waals surface area contributed by atoms with E-state index in [-0.39, 0.29) is 24.2 Å². The van der Waals surface area contributed by atoms with Gasteiger partial charge in [-0.15, -0.1) is 0 Å². The van der Waals surface area contributed by atoms with Crippen molar-refractivity contribution in [2.24, 2.45) is 5.92 Å². The van der Waals surface area contributed by atoms with Crippen LogP contribution in [0, 0.1) is 12.8 Å². The summed E-state index contributed by atoms with van der Waals surface area (Å²) in [5, 5.41) is 4.57. The Bertz CT molecular complexity index is 745. The van der Waals surface area contributed by atoms with E-state index in [0.29, 0.717) is 23.7 Å². The Balaban J connectivity index is 1.68. The molecule has 1 aromatic carbocycles. The highest BCUT2D eigenvalue weighted by Gasteiger charge is 2.29. The van der Waals surface area contributed by atoms with Crippen molar-refractivity contribution >= 4 is 23.3 Å². The summed E-state index contributed by atoms with van der Waals surface area (Å²) in [5.41, 5.74) is 1.56. The first-order chi connectivity index (χ1) is 11.5. The van der Waals surface area contributed by atoms with Crippen LogP contribution >= 0.6 is 11.6 Å². The van der Waals surface area contributed by atoms with Crippen molar-refractivity contribution in [1.29, 1.82) is 0 Å². The molecule has 1 aromatic heterocycles. The van der Waals surface area contributed by atoms with E-state index < -0.39 is 0 Å². The van der Waals surface area contributed by atoms with Gasteiger partial charge < -0.3 is 4.90 Å². The number of piperidine rings is 1. The summed E-state index contributed by atoms with van der Waals surface area (Å²) in [6, 6.07) is 5.31. The van der Waals surface area contributed by atoms with E-state index in [1.807, 2.05) is 6.92 Å². The summed E-state index contributed by atoms with van der Waals surface area (Å²) in [6.07, 6.45) is 4.54. The summed E-state index contributed by atoms with van der Waals surface area (Å²) in [5.74, 6) is -0.119. The van der Waals surface area contributed by atoms with Gasteiger partial charge in [0.25, 0.3) is 0 Å². The third-order valence-corrected chi connectivity index (χ3v) is 4.60. The second-order valence-corrected chi connectivity index (χ2v) is 6.53. The van der Waals surface area contributed by atoms with Gasteiger partial charge in [0.15, 0.2) is 5.78 Å². The van der Waals surface area contributed by atoms with Crippen molar-refractivity contribution in [3.05, 3.63) is 47.0 Å². The molecule has 1 fully saturated rings. The van der Waals surface area contributed by atoms with Crippen molar-refractivity contribution in [3.63, 3.8) is 0 Å². The van der Waals surface area contributed by atoms with Crippen molar-refractivity contribution < 1.29 is 9.59 Å². The normalized spacial score (nSPS) is 17.8. The Morgan fingerprint density at radius 2 is 2.21 bits per heavy atom. The van der Waals surface area contributed by atoms with Gasteiger partial charge in [0, 0.05) is 29.6 Å². The van der Waals surface area contributed by atoms with Crippen LogP contribution in [0.4, 0.5) is 0 Å². The van der Waals surface area contributed by atoms with E-state index >= 15 is 0 Å². The van der Waals surface area contributed by atoms with Crippen LogP contribution in [0.5, 0.6) is 0 Å². The highest BCUT2D eigenvalue weighted by molar-refractivity contribution is 6.30. The van der Waals surface area contributed by atoms with E-state index in [1.165, 1.54) is 17.3 Å². The lowest BCUT2D eigenvalue weighted by Crippen LogP contribution is -2.43. The van der Waals surface area contributed by atoms with E-state index in [2.05, 4.69) is 10.1 Å². The zero-order chi connectivity index (χ0) is 17.1. The van der Waals surface area contributed by atoms with Crippen LogP contribution in [0.3, 0.4) is 0 Å². The Morgan fingerprint density at radius 3 is 2.92 bits per heavy atom. The predicted molar refractivity (Wildman–Crippen MR) is 89.8 cm³/mol. The van der Waals surface area contributed by atoms with Gasteiger partial charge >= 0.3 is 0 Å². The standard InChI is InChI=1S/C17H19ClN4O2/c1-12-7-14(18)4-5-15(12)17(24)13-3-2-6-21(8-13)16(23)9-22-11-19-10-20-22/h4-5,7,10-11,13H,2-3,6,8-9H2,1H3/t13-/m0/s1. The predicted octanol–water partition coefficient (Wildman–Crippen LogP) is 2.36. The zero-order valence-electron chi connectivity index (χ0n) is 13.5. The summed E-state index contributed by atoms with van der Waals surface area (Å²) in [6.45, 7) is 3.17. The van der Waals surface area contributed by atoms with Gasteiger partial charge in [-0.25, -0.2) is 9.67 Å². The molecule has 1 saturated heterocycles. The maximum atomic E-state index is 12.8. The largest absolute Gasteiger partial charge is 0.340 e. The number of ketones is 1. The van der Waals surface area contributed by atoms with Crippen LogP contribution in [0.1, 0.15) is 28.8 Å². The maximum Gasteiger partial charge on any atom is 0.244 e. The van der Waals surface area contributed by atoms with Gasteiger partial charge in [-0.2, -0.15) is 5.10 Å². The van der Waals surface area contributed by atoms with Gasteiger partial charge in [0.05, 0.1) is 0 Å². The van der Waals surface area contributed by atoms with Crippen molar-refractivity contribution in [2.75, 3.05) is 13.1 Å². The van der Waals surface area contributed by atoms with Crippen molar-refractivity contribution in [2.45, 2.75) is 26.3 Å². The van der Waals surface area contributed by atoms with Crippen molar-refractivity contribution in [1.82, 2.24) is 19.7 Å². The molecule has 0 spiro atoms. The van der Waals surface area contributed by atoms with E-state index in [0.717, 1.165) is 18.4 Å². The fourth-order valence-corrected chi connectivity index (χ4v) is 3.32. The monoisotopic (exact) mass is 346 g/mol. The van der Waals surface area contributed by atoms with Gasteiger partial charge in [0.2, 0.25) is 5.91 Å². The average Bonchev–Trinajstić information content (AvgIpc) is 3.07. The molecular formula is C17H19ClN4O2. The topological polar surface area (TPSA) is 68.1 Å². The lowest BCUT2D eigenvalue weighted by atomic mass is 9.88. The third-order valence-electron chi connectivity index (χ3n) is 4.36. The van der Waals surface area contributed by atoms with Crippen LogP contribution in [-0.4, -0.2) is 44.4 Å². The van der Waals surface area contributed by atoms with E-state index in [9.17, 15) is 9.59 Å².